The molecule has 8 nitrogen and oxygen atoms in total. The molecule has 3 aromatic heterocycles. The summed E-state index contributed by atoms with van der Waals surface area (Å²) in [5, 5.41) is 4.80. The number of aromatic nitrogens is 4. The van der Waals surface area contributed by atoms with Crippen LogP contribution in [0.1, 0.15) is 18.4 Å². The van der Waals surface area contributed by atoms with Gasteiger partial charge in [0.2, 0.25) is 0 Å². The molecule has 4 heterocycles. The fraction of sp³-hybridized carbons (Fsp3) is 0.304. The van der Waals surface area contributed by atoms with E-state index in [-0.39, 0.29) is 5.03 Å². The van der Waals surface area contributed by atoms with Crippen molar-refractivity contribution in [2.24, 2.45) is 14.1 Å². The minimum atomic E-state index is -3.83. The molecule has 5 rings (SSSR count). The van der Waals surface area contributed by atoms with Gasteiger partial charge in [-0.1, -0.05) is 12.1 Å². The van der Waals surface area contributed by atoms with Crippen LogP contribution in [0.2, 0.25) is 0 Å². The van der Waals surface area contributed by atoms with E-state index >= 15 is 0 Å². The van der Waals surface area contributed by atoms with Gasteiger partial charge in [0.1, 0.15) is 5.65 Å². The fourth-order valence-electron chi connectivity index (χ4n) is 4.42. The number of hydrogen-bond donors (Lipinski definition) is 1. The molecule has 0 spiro atoms. The SMILES string of the molecule is CN1CCCCc2ccc(-c3cn(C)c4nccc(NS(=O)(=O)c5ccn(C)n5)c34)cc21. The summed E-state index contributed by atoms with van der Waals surface area (Å²) in [6.07, 6.45) is 8.68. The second-order valence-electron chi connectivity index (χ2n) is 8.37. The number of nitrogens with one attached hydrogen (secondary N) is 1. The fourth-order valence-corrected chi connectivity index (χ4v) is 5.46. The van der Waals surface area contributed by atoms with Crippen LogP contribution in [0.3, 0.4) is 0 Å². The van der Waals surface area contributed by atoms with Crippen LogP contribution in [-0.4, -0.2) is 41.3 Å². The molecule has 1 aromatic carbocycles. The molecule has 1 aliphatic rings. The van der Waals surface area contributed by atoms with Crippen LogP contribution in [0.15, 0.2) is 53.9 Å². The summed E-state index contributed by atoms with van der Waals surface area (Å²) >= 11 is 0. The second kappa shape index (κ2) is 7.67. The number of nitrogens with zero attached hydrogens (tertiary/aromatic N) is 5. The van der Waals surface area contributed by atoms with Crippen molar-refractivity contribution in [3.05, 3.63) is 54.5 Å². The Hall–Kier alpha value is -3.33. The Morgan fingerprint density at radius 3 is 2.69 bits per heavy atom. The lowest BCUT2D eigenvalue weighted by atomic mass is 10.00. The highest BCUT2D eigenvalue weighted by atomic mass is 32.2. The Balaban J connectivity index is 1.64. The van der Waals surface area contributed by atoms with Crippen molar-refractivity contribution in [1.29, 1.82) is 0 Å². The summed E-state index contributed by atoms with van der Waals surface area (Å²) in [7, 11) is 1.91. The van der Waals surface area contributed by atoms with Crippen LogP contribution in [0, 0.1) is 0 Å². The number of pyridine rings is 1. The monoisotopic (exact) mass is 450 g/mol. The summed E-state index contributed by atoms with van der Waals surface area (Å²) in [5.41, 5.74) is 5.76. The van der Waals surface area contributed by atoms with E-state index in [0.717, 1.165) is 29.5 Å². The van der Waals surface area contributed by atoms with Gasteiger partial charge in [0.05, 0.1) is 11.1 Å². The molecule has 0 saturated carbocycles. The van der Waals surface area contributed by atoms with E-state index in [0.29, 0.717) is 11.3 Å². The lowest BCUT2D eigenvalue weighted by molar-refractivity contribution is 0.593. The standard InChI is InChI=1S/C23H26N6O2S/c1-27-12-5-4-6-16-7-8-17(14-20(16)27)18-15-28(2)23-22(18)19(9-11-24-23)26-32(30,31)21-10-13-29(3)25-21/h7-11,13-15H,4-6,12H2,1-3H3,(H,24,26). The maximum atomic E-state index is 13.0. The zero-order chi connectivity index (χ0) is 22.5. The topological polar surface area (TPSA) is 85.0 Å². The Morgan fingerprint density at radius 2 is 1.91 bits per heavy atom. The molecule has 32 heavy (non-hydrogen) atoms. The van der Waals surface area contributed by atoms with Crippen LogP contribution in [0.5, 0.6) is 0 Å². The lowest BCUT2D eigenvalue weighted by Gasteiger charge is -2.20. The predicted octanol–water partition coefficient (Wildman–Crippen LogP) is 3.55. The van der Waals surface area contributed by atoms with Gasteiger partial charge in [-0.2, -0.15) is 13.5 Å². The highest BCUT2D eigenvalue weighted by Gasteiger charge is 2.22. The van der Waals surface area contributed by atoms with E-state index in [1.54, 1.807) is 25.5 Å². The number of aryl methyl sites for hydroxylation is 3. The molecule has 0 atom stereocenters. The van der Waals surface area contributed by atoms with Gasteiger partial charge in [-0.25, -0.2) is 4.98 Å². The molecule has 0 radical (unpaired) electrons. The summed E-state index contributed by atoms with van der Waals surface area (Å²) in [5.74, 6) is 0. The van der Waals surface area contributed by atoms with Gasteiger partial charge < -0.3 is 9.47 Å². The van der Waals surface area contributed by atoms with Crippen molar-refractivity contribution >= 4 is 32.4 Å². The van der Waals surface area contributed by atoms with E-state index in [4.69, 9.17) is 0 Å². The van der Waals surface area contributed by atoms with E-state index in [1.165, 1.54) is 34.8 Å². The molecule has 9 heteroatoms. The molecule has 1 aliphatic heterocycles. The van der Waals surface area contributed by atoms with E-state index in [9.17, 15) is 8.42 Å². The normalized spacial score (nSPS) is 14.4. The molecular weight excluding hydrogens is 424 g/mol. The van der Waals surface area contributed by atoms with E-state index in [1.807, 2.05) is 17.8 Å². The number of sulfonamides is 1. The van der Waals surface area contributed by atoms with E-state index < -0.39 is 10.0 Å². The summed E-state index contributed by atoms with van der Waals surface area (Å²) < 4.78 is 32.1. The first-order chi connectivity index (χ1) is 15.3. The first-order valence-corrected chi connectivity index (χ1v) is 12.1. The number of anilines is 2. The Kier molecular flexibility index (Phi) is 4.93. The molecule has 0 aliphatic carbocycles. The molecular formula is C23H26N6O2S. The molecule has 0 fully saturated rings. The van der Waals surface area contributed by atoms with Gasteiger partial charge in [0.15, 0.2) is 5.03 Å². The summed E-state index contributed by atoms with van der Waals surface area (Å²) in [6.45, 7) is 1.03. The molecule has 4 aromatic rings. The Morgan fingerprint density at radius 1 is 1.06 bits per heavy atom. The summed E-state index contributed by atoms with van der Waals surface area (Å²) in [6, 6.07) is 9.70. The average Bonchev–Trinajstić information content (AvgIpc) is 3.30. The van der Waals surface area contributed by atoms with Gasteiger partial charge in [-0.05, 0) is 48.6 Å². The number of hydrogen-bond acceptors (Lipinski definition) is 5. The minimum Gasteiger partial charge on any atom is -0.374 e. The van der Waals surface area contributed by atoms with Gasteiger partial charge in [0.25, 0.3) is 10.0 Å². The van der Waals surface area contributed by atoms with Gasteiger partial charge in [0, 0.05) is 57.5 Å². The predicted molar refractivity (Wildman–Crippen MR) is 126 cm³/mol. The zero-order valence-corrected chi connectivity index (χ0v) is 19.2. The molecule has 1 N–H and O–H groups in total. The average molecular weight is 451 g/mol. The first kappa shape index (κ1) is 20.6. The van der Waals surface area contributed by atoms with Crippen LogP contribution in [-0.2, 0) is 30.5 Å². The molecule has 0 saturated heterocycles. The minimum absolute atomic E-state index is 0.0194. The molecule has 166 valence electrons. The van der Waals surface area contributed by atoms with Gasteiger partial charge >= 0.3 is 0 Å². The smallest absolute Gasteiger partial charge is 0.281 e. The van der Waals surface area contributed by atoms with Crippen LogP contribution >= 0.6 is 0 Å². The third kappa shape index (κ3) is 3.52. The van der Waals surface area contributed by atoms with Crippen molar-refractivity contribution < 1.29 is 8.42 Å². The Labute approximate surface area is 187 Å². The number of benzene rings is 1. The van der Waals surface area contributed by atoms with Crippen molar-refractivity contribution in [3.63, 3.8) is 0 Å². The summed E-state index contributed by atoms with van der Waals surface area (Å²) in [4.78, 5) is 6.82. The maximum absolute atomic E-state index is 13.0. The highest BCUT2D eigenvalue weighted by molar-refractivity contribution is 7.92. The van der Waals surface area contributed by atoms with Crippen molar-refractivity contribution in [1.82, 2.24) is 19.3 Å². The Bertz CT molecular complexity index is 1420. The largest absolute Gasteiger partial charge is 0.374 e. The first-order valence-electron chi connectivity index (χ1n) is 10.6. The van der Waals surface area contributed by atoms with E-state index in [2.05, 4.69) is 45.0 Å². The second-order valence-corrected chi connectivity index (χ2v) is 10.00. The van der Waals surface area contributed by atoms with Gasteiger partial charge in [-0.15, -0.1) is 0 Å². The maximum Gasteiger partial charge on any atom is 0.281 e. The lowest BCUT2D eigenvalue weighted by Crippen LogP contribution is -2.17. The van der Waals surface area contributed by atoms with Crippen LogP contribution in [0.4, 0.5) is 11.4 Å². The highest BCUT2D eigenvalue weighted by Crippen LogP contribution is 2.38. The molecule has 0 bridgehead atoms. The van der Waals surface area contributed by atoms with Crippen molar-refractivity contribution in [2.75, 3.05) is 23.2 Å². The third-order valence-electron chi connectivity index (χ3n) is 6.06. The van der Waals surface area contributed by atoms with Crippen molar-refractivity contribution in [2.45, 2.75) is 24.3 Å². The molecule has 0 amide bonds. The third-order valence-corrected chi connectivity index (χ3v) is 7.32. The van der Waals surface area contributed by atoms with Gasteiger partial charge in [-0.3, -0.25) is 9.40 Å². The van der Waals surface area contributed by atoms with Crippen LogP contribution < -0.4 is 9.62 Å². The number of fused-ring (bicyclic) bond motifs is 2. The van der Waals surface area contributed by atoms with Crippen molar-refractivity contribution in [3.8, 4) is 11.1 Å². The molecule has 0 unspecified atom stereocenters. The zero-order valence-electron chi connectivity index (χ0n) is 18.4. The quantitative estimate of drug-likeness (QED) is 0.514. The number of rotatable bonds is 4. The van der Waals surface area contributed by atoms with Crippen LogP contribution in [0.25, 0.3) is 22.2 Å².